The van der Waals surface area contributed by atoms with Crippen molar-refractivity contribution in [1.82, 2.24) is 19.4 Å². The molecule has 140 valence electrons. The Hall–Kier alpha value is -2.85. The van der Waals surface area contributed by atoms with E-state index in [0.717, 1.165) is 0 Å². The van der Waals surface area contributed by atoms with Gasteiger partial charge in [0.2, 0.25) is 0 Å². The second kappa shape index (κ2) is 7.05. The molecule has 27 heavy (non-hydrogen) atoms. The maximum absolute atomic E-state index is 14.4. The second-order valence-electron chi connectivity index (χ2n) is 5.99. The van der Waals surface area contributed by atoms with Crippen LogP contribution >= 0.6 is 0 Å². The van der Waals surface area contributed by atoms with Gasteiger partial charge in [0.25, 0.3) is 11.8 Å². The van der Waals surface area contributed by atoms with Gasteiger partial charge in [0.15, 0.2) is 16.0 Å². The van der Waals surface area contributed by atoms with Crippen molar-refractivity contribution in [2.75, 3.05) is 26.3 Å². The zero-order valence-corrected chi connectivity index (χ0v) is 14.9. The summed E-state index contributed by atoms with van der Waals surface area (Å²) in [6, 6.07) is 4.15. The predicted octanol–water partition coefficient (Wildman–Crippen LogP) is 0.753. The van der Waals surface area contributed by atoms with Gasteiger partial charge in [-0.1, -0.05) is 0 Å². The lowest BCUT2D eigenvalue weighted by molar-refractivity contribution is -0.114. The van der Waals surface area contributed by atoms with Crippen LogP contribution in [0, 0.1) is 5.82 Å². The molecule has 1 aromatic carbocycles. The molecule has 2 aromatic rings. The number of nitrogens with zero attached hydrogens (tertiary/aromatic N) is 3. The average molecular weight is 390 g/mol. The summed E-state index contributed by atoms with van der Waals surface area (Å²) in [5.41, 5.74) is 0.965. The highest BCUT2D eigenvalue weighted by molar-refractivity contribution is 7.93. The number of carbonyl (C=O) groups is 2. The lowest BCUT2D eigenvalue weighted by Crippen LogP contribution is -2.40. The Kier molecular flexibility index (Phi) is 4.58. The molecule has 1 fully saturated rings. The van der Waals surface area contributed by atoms with Crippen molar-refractivity contribution in [1.29, 1.82) is 0 Å². The highest BCUT2D eigenvalue weighted by atomic mass is 32.2. The summed E-state index contributed by atoms with van der Waals surface area (Å²) in [6.07, 6.45) is 4.02. The molecule has 1 saturated heterocycles. The van der Waals surface area contributed by atoms with Crippen LogP contribution in [0.4, 0.5) is 4.39 Å². The molecular weight excluding hydrogens is 375 g/mol. The summed E-state index contributed by atoms with van der Waals surface area (Å²) in [4.78, 5) is 25.6. The van der Waals surface area contributed by atoms with E-state index in [4.69, 9.17) is 4.74 Å². The number of rotatable bonds is 3. The molecule has 0 saturated carbocycles. The SMILES string of the molecule is O=C1C=C(n2cc(-c3cc(C(=O)N4CCOCC4)ccc3F)cn2)S(=O)N1. The summed E-state index contributed by atoms with van der Waals surface area (Å²) in [5, 5.41) is 4.21. The topological polar surface area (TPSA) is 93.5 Å². The Bertz CT molecular complexity index is 981. The first kappa shape index (κ1) is 17.6. The average Bonchev–Trinajstić information content (AvgIpc) is 3.28. The number of morpholine rings is 1. The maximum Gasteiger partial charge on any atom is 0.258 e. The van der Waals surface area contributed by atoms with E-state index in [0.29, 0.717) is 37.4 Å². The lowest BCUT2D eigenvalue weighted by atomic mass is 10.0. The molecule has 4 rings (SSSR count). The van der Waals surface area contributed by atoms with Crippen LogP contribution in [0.5, 0.6) is 0 Å². The number of halogens is 1. The van der Waals surface area contributed by atoms with Crippen LogP contribution in [0.3, 0.4) is 0 Å². The highest BCUT2D eigenvalue weighted by Crippen LogP contribution is 2.26. The third-order valence-corrected chi connectivity index (χ3v) is 5.34. The largest absolute Gasteiger partial charge is 0.378 e. The molecule has 1 aromatic heterocycles. The molecule has 0 bridgehead atoms. The van der Waals surface area contributed by atoms with Gasteiger partial charge in [-0.25, -0.2) is 13.3 Å². The fourth-order valence-electron chi connectivity index (χ4n) is 2.90. The molecule has 1 N–H and O–H groups in total. The van der Waals surface area contributed by atoms with Gasteiger partial charge in [-0.2, -0.15) is 5.10 Å². The van der Waals surface area contributed by atoms with Crippen molar-refractivity contribution >= 4 is 27.8 Å². The Labute approximate surface area is 156 Å². The molecular formula is C17H15FN4O4S. The van der Waals surface area contributed by atoms with Gasteiger partial charge in [-0.15, -0.1) is 0 Å². The molecule has 1 unspecified atom stereocenters. The first-order valence-corrected chi connectivity index (χ1v) is 9.34. The predicted molar refractivity (Wildman–Crippen MR) is 94.9 cm³/mol. The molecule has 10 heteroatoms. The molecule has 2 amide bonds. The van der Waals surface area contributed by atoms with E-state index in [9.17, 15) is 18.2 Å². The summed E-state index contributed by atoms with van der Waals surface area (Å²) in [6.45, 7) is 1.94. The third kappa shape index (κ3) is 3.40. The quantitative estimate of drug-likeness (QED) is 0.835. The van der Waals surface area contributed by atoms with E-state index in [2.05, 4.69) is 9.82 Å². The van der Waals surface area contributed by atoms with Gasteiger partial charge in [-0.05, 0) is 18.2 Å². The number of benzene rings is 1. The zero-order chi connectivity index (χ0) is 19.0. The third-order valence-electron chi connectivity index (χ3n) is 4.27. The normalized spacial score (nSPS) is 19.7. The van der Waals surface area contributed by atoms with E-state index in [1.807, 2.05) is 0 Å². The number of hydrogen-bond acceptors (Lipinski definition) is 5. The van der Waals surface area contributed by atoms with Crippen LogP contribution in [0.2, 0.25) is 0 Å². The molecule has 0 radical (unpaired) electrons. The van der Waals surface area contributed by atoms with Crippen LogP contribution in [0.25, 0.3) is 16.2 Å². The van der Waals surface area contributed by atoms with Crippen molar-refractivity contribution in [3.63, 3.8) is 0 Å². The van der Waals surface area contributed by atoms with E-state index < -0.39 is 22.7 Å². The fraction of sp³-hybridized carbons (Fsp3) is 0.235. The minimum absolute atomic E-state index is 0.159. The van der Waals surface area contributed by atoms with Crippen molar-refractivity contribution in [2.45, 2.75) is 0 Å². The van der Waals surface area contributed by atoms with E-state index in [1.54, 1.807) is 4.90 Å². The molecule has 2 aliphatic rings. The van der Waals surface area contributed by atoms with Crippen LogP contribution in [-0.2, 0) is 20.5 Å². The van der Waals surface area contributed by atoms with Gasteiger partial charge in [0, 0.05) is 42.1 Å². The van der Waals surface area contributed by atoms with Crippen molar-refractivity contribution in [3.05, 3.63) is 48.0 Å². The first-order chi connectivity index (χ1) is 13.0. The Morgan fingerprint density at radius 2 is 2.07 bits per heavy atom. The number of ether oxygens (including phenoxy) is 1. The van der Waals surface area contributed by atoms with Crippen LogP contribution in [-0.4, -0.2) is 57.0 Å². The minimum Gasteiger partial charge on any atom is -0.378 e. The highest BCUT2D eigenvalue weighted by Gasteiger charge is 2.23. The number of amides is 2. The van der Waals surface area contributed by atoms with Gasteiger partial charge >= 0.3 is 0 Å². The smallest absolute Gasteiger partial charge is 0.258 e. The lowest BCUT2D eigenvalue weighted by Gasteiger charge is -2.27. The maximum atomic E-state index is 14.4. The Balaban J connectivity index is 1.64. The van der Waals surface area contributed by atoms with Crippen LogP contribution < -0.4 is 4.72 Å². The number of nitrogens with one attached hydrogen (secondary N) is 1. The molecule has 8 nitrogen and oxygen atoms in total. The van der Waals surface area contributed by atoms with E-state index in [1.165, 1.54) is 41.4 Å². The molecule has 3 heterocycles. The number of aromatic nitrogens is 2. The van der Waals surface area contributed by atoms with E-state index in [-0.39, 0.29) is 16.5 Å². The van der Waals surface area contributed by atoms with Crippen LogP contribution in [0.1, 0.15) is 10.4 Å². The summed E-state index contributed by atoms with van der Waals surface area (Å²) in [5.74, 6) is -1.19. The second-order valence-corrected chi connectivity index (χ2v) is 7.15. The van der Waals surface area contributed by atoms with Gasteiger partial charge < -0.3 is 9.64 Å². The molecule has 1 atom stereocenters. The summed E-state index contributed by atoms with van der Waals surface area (Å²) in [7, 11) is -1.71. The Morgan fingerprint density at radius 3 is 2.78 bits per heavy atom. The molecule has 0 aliphatic carbocycles. The Morgan fingerprint density at radius 1 is 1.30 bits per heavy atom. The summed E-state index contributed by atoms with van der Waals surface area (Å²) < 4.78 is 34.9. The van der Waals surface area contributed by atoms with Crippen molar-refractivity contribution in [2.24, 2.45) is 0 Å². The zero-order valence-electron chi connectivity index (χ0n) is 14.1. The van der Waals surface area contributed by atoms with Gasteiger partial charge in [0.05, 0.1) is 19.4 Å². The minimum atomic E-state index is -1.71. The first-order valence-electron chi connectivity index (χ1n) is 8.19. The van der Waals surface area contributed by atoms with Gasteiger partial charge in [-0.3, -0.25) is 14.3 Å². The van der Waals surface area contributed by atoms with Crippen molar-refractivity contribution < 1.29 is 22.9 Å². The number of hydrogen-bond donors (Lipinski definition) is 1. The molecule has 2 aliphatic heterocycles. The van der Waals surface area contributed by atoms with Crippen molar-refractivity contribution in [3.8, 4) is 11.1 Å². The van der Waals surface area contributed by atoms with Gasteiger partial charge in [0.1, 0.15) is 5.82 Å². The standard InChI is InChI=1S/C17H15FN4O4S/c18-14-2-1-11(17(24)21-3-5-26-6-4-21)7-13(14)12-9-19-22(10-12)16-8-15(23)20-27(16)25/h1-2,7-10H,3-6H2,(H,20,23). The summed E-state index contributed by atoms with van der Waals surface area (Å²) >= 11 is 0. The van der Waals surface area contributed by atoms with Crippen LogP contribution in [0.15, 0.2) is 36.7 Å². The monoisotopic (exact) mass is 390 g/mol. The van der Waals surface area contributed by atoms with E-state index >= 15 is 0 Å². The fourth-order valence-corrected chi connectivity index (χ4v) is 3.73. The molecule has 0 spiro atoms. The number of carbonyl (C=O) groups excluding carboxylic acids is 2.